The van der Waals surface area contributed by atoms with E-state index >= 15 is 0 Å². The number of benzene rings is 1. The van der Waals surface area contributed by atoms with Gasteiger partial charge in [-0.25, -0.2) is 0 Å². The Morgan fingerprint density at radius 3 is 2.93 bits per heavy atom. The fourth-order valence-corrected chi connectivity index (χ4v) is 5.21. The summed E-state index contributed by atoms with van der Waals surface area (Å²) in [6.45, 7) is 3.40. The van der Waals surface area contributed by atoms with E-state index in [0.29, 0.717) is 18.4 Å². The van der Waals surface area contributed by atoms with Crippen molar-refractivity contribution in [3.63, 3.8) is 0 Å². The van der Waals surface area contributed by atoms with E-state index in [1.807, 2.05) is 0 Å². The summed E-state index contributed by atoms with van der Waals surface area (Å²) in [6.07, 6.45) is 11.3. The Balaban J connectivity index is 1.24. The lowest BCUT2D eigenvalue weighted by molar-refractivity contribution is -0.121. The van der Waals surface area contributed by atoms with E-state index in [2.05, 4.69) is 52.3 Å². The molecule has 0 saturated carbocycles. The van der Waals surface area contributed by atoms with Gasteiger partial charge in [-0.2, -0.15) is 0 Å². The molecule has 1 amide bonds. The van der Waals surface area contributed by atoms with Crippen LogP contribution >= 0.6 is 0 Å². The van der Waals surface area contributed by atoms with Crippen LogP contribution in [0.4, 0.5) is 0 Å². The number of amides is 1. The molecule has 3 heterocycles. The van der Waals surface area contributed by atoms with Gasteiger partial charge in [-0.1, -0.05) is 24.6 Å². The van der Waals surface area contributed by atoms with Gasteiger partial charge < -0.3 is 14.8 Å². The van der Waals surface area contributed by atoms with Crippen molar-refractivity contribution >= 4 is 16.8 Å². The van der Waals surface area contributed by atoms with E-state index in [9.17, 15) is 4.79 Å². The normalized spacial score (nSPS) is 23.3. The molecule has 2 aromatic rings. The maximum Gasteiger partial charge on any atom is 0.220 e. The Kier molecular flexibility index (Phi) is 5.82. The van der Waals surface area contributed by atoms with Crippen molar-refractivity contribution in [1.29, 1.82) is 0 Å². The van der Waals surface area contributed by atoms with Gasteiger partial charge in [0, 0.05) is 43.2 Å². The van der Waals surface area contributed by atoms with Gasteiger partial charge in [-0.05, 0) is 69.2 Å². The Bertz CT molecular complexity index is 779. The maximum absolute atomic E-state index is 12.4. The van der Waals surface area contributed by atoms with Gasteiger partial charge in [0.05, 0.1) is 0 Å². The summed E-state index contributed by atoms with van der Waals surface area (Å²) < 4.78 is 2.18. The Morgan fingerprint density at radius 2 is 2.00 bits per heavy atom. The average Bonchev–Trinajstić information content (AvgIpc) is 3.02. The highest BCUT2D eigenvalue weighted by Crippen LogP contribution is 2.30. The number of hydrogen-bond acceptors (Lipinski definition) is 2. The lowest BCUT2D eigenvalue weighted by Crippen LogP contribution is -2.50. The van der Waals surface area contributed by atoms with Crippen molar-refractivity contribution in [3.8, 4) is 0 Å². The molecular formula is C23H33N3O. The summed E-state index contributed by atoms with van der Waals surface area (Å²) in [7, 11) is 2.09. The molecular weight excluding hydrogens is 334 g/mol. The lowest BCUT2D eigenvalue weighted by Gasteiger charge is -2.44. The second kappa shape index (κ2) is 8.47. The molecule has 0 bridgehead atoms. The number of aryl methyl sites for hydroxylation is 2. The molecule has 2 saturated heterocycles. The summed E-state index contributed by atoms with van der Waals surface area (Å²) >= 11 is 0. The first kappa shape index (κ1) is 18.5. The predicted octanol–water partition coefficient (Wildman–Crippen LogP) is 3.88. The van der Waals surface area contributed by atoms with Crippen LogP contribution in [0.5, 0.6) is 0 Å². The zero-order valence-corrected chi connectivity index (χ0v) is 16.6. The standard InChI is InChI=1S/C23H33N3O/c1-25-17-19(20-10-2-3-12-22(20)25)8-6-13-23(27)24-16-18-9-7-15-26-14-5-4-11-21(18)26/h2-3,10,12,17-18,21H,4-9,11,13-16H2,1H3,(H,24,27)/t18-,21+/m0/s1. The van der Waals surface area contributed by atoms with Crippen molar-refractivity contribution in [2.45, 2.75) is 57.4 Å². The Morgan fingerprint density at radius 1 is 1.15 bits per heavy atom. The monoisotopic (exact) mass is 367 g/mol. The Labute approximate surface area is 162 Å². The van der Waals surface area contributed by atoms with Gasteiger partial charge in [-0.15, -0.1) is 0 Å². The number of fused-ring (bicyclic) bond motifs is 2. The van der Waals surface area contributed by atoms with Crippen molar-refractivity contribution in [1.82, 2.24) is 14.8 Å². The van der Waals surface area contributed by atoms with E-state index < -0.39 is 0 Å². The maximum atomic E-state index is 12.4. The first-order valence-electron chi connectivity index (χ1n) is 10.8. The van der Waals surface area contributed by atoms with Crippen molar-refractivity contribution in [2.24, 2.45) is 13.0 Å². The minimum absolute atomic E-state index is 0.225. The third-order valence-electron chi connectivity index (χ3n) is 6.62. The topological polar surface area (TPSA) is 37.3 Å². The fraction of sp³-hybridized carbons (Fsp3) is 0.609. The first-order valence-corrected chi connectivity index (χ1v) is 10.8. The van der Waals surface area contributed by atoms with E-state index in [4.69, 9.17) is 0 Å². The predicted molar refractivity (Wildman–Crippen MR) is 111 cm³/mol. The van der Waals surface area contributed by atoms with Gasteiger partial charge in [0.15, 0.2) is 0 Å². The second-order valence-corrected chi connectivity index (χ2v) is 8.44. The van der Waals surface area contributed by atoms with Gasteiger partial charge in [0.1, 0.15) is 0 Å². The van der Waals surface area contributed by atoms with Crippen LogP contribution in [-0.4, -0.2) is 41.1 Å². The zero-order valence-electron chi connectivity index (χ0n) is 16.6. The molecule has 2 fully saturated rings. The van der Waals surface area contributed by atoms with E-state index in [1.165, 1.54) is 61.7 Å². The molecule has 4 heteroatoms. The minimum Gasteiger partial charge on any atom is -0.356 e. The summed E-state index contributed by atoms with van der Waals surface area (Å²) in [4.78, 5) is 15.0. The van der Waals surface area contributed by atoms with Crippen LogP contribution in [0.25, 0.3) is 10.9 Å². The number of nitrogens with one attached hydrogen (secondary N) is 1. The number of carbonyl (C=O) groups is 1. The van der Waals surface area contributed by atoms with Gasteiger partial charge in [0.25, 0.3) is 0 Å². The molecule has 0 radical (unpaired) electrons. The zero-order chi connectivity index (χ0) is 18.6. The highest BCUT2D eigenvalue weighted by Gasteiger charge is 2.32. The number of aromatic nitrogens is 1. The summed E-state index contributed by atoms with van der Waals surface area (Å²) in [6, 6.07) is 9.23. The van der Waals surface area contributed by atoms with Crippen molar-refractivity contribution < 1.29 is 4.79 Å². The smallest absolute Gasteiger partial charge is 0.220 e. The van der Waals surface area contributed by atoms with Crippen LogP contribution in [-0.2, 0) is 18.3 Å². The molecule has 2 aliphatic rings. The molecule has 1 aromatic heterocycles. The first-order chi connectivity index (χ1) is 13.2. The van der Waals surface area contributed by atoms with Crippen LogP contribution in [0.1, 0.15) is 50.5 Å². The molecule has 2 aliphatic heterocycles. The molecule has 4 rings (SSSR count). The van der Waals surface area contributed by atoms with Gasteiger partial charge in [0.2, 0.25) is 5.91 Å². The van der Waals surface area contributed by atoms with Crippen LogP contribution in [0.15, 0.2) is 30.5 Å². The summed E-state index contributed by atoms with van der Waals surface area (Å²) in [5, 5.41) is 4.56. The molecule has 0 unspecified atom stereocenters. The third-order valence-corrected chi connectivity index (χ3v) is 6.62. The number of para-hydroxylation sites is 1. The SMILES string of the molecule is Cn1cc(CCCC(=O)NC[C@@H]2CCCN3CCCC[C@H]23)c2ccccc21. The number of rotatable bonds is 6. The molecule has 0 aliphatic carbocycles. The average molecular weight is 368 g/mol. The highest BCUT2D eigenvalue weighted by molar-refractivity contribution is 5.84. The number of carbonyl (C=O) groups excluding carboxylic acids is 1. The van der Waals surface area contributed by atoms with Crippen LogP contribution < -0.4 is 5.32 Å². The lowest BCUT2D eigenvalue weighted by atomic mass is 9.83. The Hall–Kier alpha value is -1.81. The van der Waals surface area contributed by atoms with Crippen molar-refractivity contribution in [2.75, 3.05) is 19.6 Å². The molecule has 4 nitrogen and oxygen atoms in total. The largest absolute Gasteiger partial charge is 0.356 e. The quantitative estimate of drug-likeness (QED) is 0.841. The highest BCUT2D eigenvalue weighted by atomic mass is 16.1. The fourth-order valence-electron chi connectivity index (χ4n) is 5.21. The summed E-state index contributed by atoms with van der Waals surface area (Å²) in [5.41, 5.74) is 2.62. The van der Waals surface area contributed by atoms with Crippen LogP contribution in [0.2, 0.25) is 0 Å². The molecule has 27 heavy (non-hydrogen) atoms. The van der Waals surface area contributed by atoms with Gasteiger partial charge in [-0.3, -0.25) is 4.79 Å². The molecule has 1 N–H and O–H groups in total. The molecule has 2 atom stereocenters. The van der Waals surface area contributed by atoms with Crippen LogP contribution in [0.3, 0.4) is 0 Å². The number of nitrogens with zero attached hydrogens (tertiary/aromatic N) is 2. The van der Waals surface area contributed by atoms with E-state index in [-0.39, 0.29) is 5.91 Å². The number of piperidine rings is 2. The number of hydrogen-bond donors (Lipinski definition) is 1. The molecule has 0 spiro atoms. The third kappa shape index (κ3) is 4.21. The van der Waals surface area contributed by atoms with E-state index in [0.717, 1.165) is 19.4 Å². The minimum atomic E-state index is 0.225. The van der Waals surface area contributed by atoms with Crippen molar-refractivity contribution in [3.05, 3.63) is 36.0 Å². The van der Waals surface area contributed by atoms with E-state index in [1.54, 1.807) is 0 Å². The molecule has 146 valence electrons. The van der Waals surface area contributed by atoms with Crippen LogP contribution in [0, 0.1) is 5.92 Å². The molecule has 1 aromatic carbocycles. The summed E-state index contributed by atoms with van der Waals surface area (Å²) in [5.74, 6) is 0.879. The van der Waals surface area contributed by atoms with Gasteiger partial charge >= 0.3 is 0 Å². The second-order valence-electron chi connectivity index (χ2n) is 8.44.